The van der Waals surface area contributed by atoms with E-state index in [1.54, 1.807) is 0 Å². The summed E-state index contributed by atoms with van der Waals surface area (Å²) in [5.74, 6) is 0.0250. The third kappa shape index (κ3) is 29.4. The summed E-state index contributed by atoms with van der Waals surface area (Å²) < 4.78 is 5.41. The van der Waals surface area contributed by atoms with E-state index >= 15 is 0 Å². The second-order valence-electron chi connectivity index (χ2n) is 10.5. The van der Waals surface area contributed by atoms with Crippen LogP contribution in [0.1, 0.15) is 187 Å². The summed E-state index contributed by atoms with van der Waals surface area (Å²) in [5, 5.41) is 0. The summed E-state index contributed by atoms with van der Waals surface area (Å²) in [5.41, 5.74) is 0. The minimum atomic E-state index is 0.0250. The van der Waals surface area contributed by atoms with Crippen LogP contribution < -0.4 is 0 Å². The van der Waals surface area contributed by atoms with Gasteiger partial charge < -0.3 is 4.74 Å². The first-order valence-electron chi connectivity index (χ1n) is 15.5. The fourth-order valence-corrected chi connectivity index (χ4v) is 4.67. The van der Waals surface area contributed by atoms with Gasteiger partial charge >= 0.3 is 5.97 Å². The van der Waals surface area contributed by atoms with Crippen molar-refractivity contribution in [3.05, 3.63) is 0 Å². The average Bonchev–Trinajstić information content (AvgIpc) is 2.82. The number of unbranched alkanes of at least 4 members (excludes halogenated alkanes) is 24. The lowest BCUT2D eigenvalue weighted by Gasteiger charge is -2.06. The van der Waals surface area contributed by atoms with E-state index in [4.69, 9.17) is 4.74 Å². The fraction of sp³-hybridized carbons (Fsp3) is 0.968. The van der Waals surface area contributed by atoms with Crippen molar-refractivity contribution in [2.75, 3.05) is 6.61 Å². The van der Waals surface area contributed by atoms with Crippen LogP contribution >= 0.6 is 0 Å². The molecule has 0 aliphatic rings. The van der Waals surface area contributed by atoms with Crippen LogP contribution in [0.5, 0.6) is 0 Å². The van der Waals surface area contributed by atoms with Gasteiger partial charge in [-0.25, -0.2) is 0 Å². The highest BCUT2D eigenvalue weighted by Crippen LogP contribution is 2.14. The normalized spacial score (nSPS) is 11.2. The van der Waals surface area contributed by atoms with Gasteiger partial charge in [-0.1, -0.05) is 168 Å². The molecule has 0 aromatic carbocycles. The quantitative estimate of drug-likeness (QED) is 0.0846. The number of esters is 1. The Balaban J connectivity index is 3.14. The third-order valence-electron chi connectivity index (χ3n) is 7.00. The van der Waals surface area contributed by atoms with Gasteiger partial charge in [-0.3, -0.25) is 4.79 Å². The van der Waals surface area contributed by atoms with Crippen LogP contribution in [0.2, 0.25) is 0 Å². The van der Waals surface area contributed by atoms with Crippen molar-refractivity contribution in [2.45, 2.75) is 187 Å². The average molecular weight is 467 g/mol. The van der Waals surface area contributed by atoms with Crippen molar-refractivity contribution in [1.29, 1.82) is 0 Å². The molecular weight excluding hydrogens is 404 g/mol. The number of carbonyl (C=O) groups excluding carboxylic acids is 1. The molecule has 0 aromatic heterocycles. The molecule has 0 radical (unpaired) electrons. The molecular formula is C31H62O2. The summed E-state index contributed by atoms with van der Waals surface area (Å²) in [6.07, 6.45) is 35.7. The topological polar surface area (TPSA) is 26.3 Å². The first-order chi connectivity index (χ1) is 16.3. The molecule has 2 nitrogen and oxygen atoms in total. The van der Waals surface area contributed by atoms with Crippen LogP contribution in [0.4, 0.5) is 0 Å². The van der Waals surface area contributed by atoms with Gasteiger partial charge in [-0.05, 0) is 12.8 Å². The molecule has 0 atom stereocenters. The number of rotatable bonds is 28. The highest BCUT2D eigenvalue weighted by atomic mass is 16.5. The van der Waals surface area contributed by atoms with E-state index in [0.29, 0.717) is 13.0 Å². The summed E-state index contributed by atoms with van der Waals surface area (Å²) in [7, 11) is 0. The molecule has 0 heterocycles. The Morgan fingerprint density at radius 1 is 0.394 bits per heavy atom. The Morgan fingerprint density at radius 2 is 0.667 bits per heavy atom. The molecule has 0 aromatic rings. The summed E-state index contributed by atoms with van der Waals surface area (Å²) >= 11 is 0. The van der Waals surface area contributed by atoms with Crippen molar-refractivity contribution in [3.63, 3.8) is 0 Å². The smallest absolute Gasteiger partial charge is 0.305 e. The standard InChI is InChI=1S/C31H62O2/c1-3-5-7-9-11-13-15-17-18-19-21-23-25-27-29-31(32)33-30-28-26-24-22-20-16-14-12-10-8-6-4-2/h3-30H2,1-2H3. The Labute approximate surface area is 209 Å². The van der Waals surface area contributed by atoms with Gasteiger partial charge in [0.2, 0.25) is 0 Å². The maximum absolute atomic E-state index is 11.8. The molecule has 0 N–H and O–H groups in total. The molecule has 198 valence electrons. The van der Waals surface area contributed by atoms with Gasteiger partial charge in [0, 0.05) is 6.42 Å². The van der Waals surface area contributed by atoms with Gasteiger partial charge in [0.1, 0.15) is 0 Å². The van der Waals surface area contributed by atoms with Gasteiger partial charge in [-0.15, -0.1) is 0 Å². The number of hydrogen-bond donors (Lipinski definition) is 0. The number of ether oxygens (including phenoxy) is 1. The van der Waals surface area contributed by atoms with Crippen LogP contribution in [-0.2, 0) is 9.53 Å². The first kappa shape index (κ1) is 32.5. The van der Waals surface area contributed by atoms with Gasteiger partial charge in [0.15, 0.2) is 0 Å². The SMILES string of the molecule is CCCCCCCCCCCCCCCCC(=O)OCCCCCCCCCCCCCC. The van der Waals surface area contributed by atoms with E-state index in [-0.39, 0.29) is 5.97 Å². The van der Waals surface area contributed by atoms with Crippen LogP contribution in [0.3, 0.4) is 0 Å². The van der Waals surface area contributed by atoms with E-state index in [1.165, 1.54) is 154 Å². The van der Waals surface area contributed by atoms with Crippen LogP contribution in [0, 0.1) is 0 Å². The van der Waals surface area contributed by atoms with Crippen LogP contribution in [-0.4, -0.2) is 12.6 Å². The molecule has 0 unspecified atom stereocenters. The van der Waals surface area contributed by atoms with Crippen LogP contribution in [0.25, 0.3) is 0 Å². The van der Waals surface area contributed by atoms with Gasteiger partial charge in [0.25, 0.3) is 0 Å². The highest BCUT2D eigenvalue weighted by Gasteiger charge is 2.02. The largest absolute Gasteiger partial charge is 0.466 e. The zero-order chi connectivity index (χ0) is 24.1. The minimum absolute atomic E-state index is 0.0250. The Hall–Kier alpha value is -0.530. The zero-order valence-corrected chi connectivity index (χ0v) is 23.1. The molecule has 0 amide bonds. The molecule has 0 saturated heterocycles. The van der Waals surface area contributed by atoms with Crippen molar-refractivity contribution < 1.29 is 9.53 Å². The first-order valence-corrected chi connectivity index (χ1v) is 15.5. The van der Waals surface area contributed by atoms with E-state index in [9.17, 15) is 4.79 Å². The molecule has 0 aliphatic heterocycles. The van der Waals surface area contributed by atoms with Gasteiger partial charge in [-0.2, -0.15) is 0 Å². The molecule has 2 heteroatoms. The zero-order valence-electron chi connectivity index (χ0n) is 23.1. The van der Waals surface area contributed by atoms with Crippen molar-refractivity contribution in [3.8, 4) is 0 Å². The van der Waals surface area contributed by atoms with Gasteiger partial charge in [0.05, 0.1) is 6.61 Å². The predicted molar refractivity (Wildman–Crippen MR) is 147 cm³/mol. The molecule has 0 bridgehead atoms. The van der Waals surface area contributed by atoms with E-state index in [1.807, 2.05) is 0 Å². The summed E-state index contributed by atoms with van der Waals surface area (Å²) in [4.78, 5) is 11.8. The van der Waals surface area contributed by atoms with Crippen molar-refractivity contribution in [1.82, 2.24) is 0 Å². The minimum Gasteiger partial charge on any atom is -0.466 e. The highest BCUT2D eigenvalue weighted by molar-refractivity contribution is 5.69. The maximum atomic E-state index is 11.8. The number of hydrogen-bond acceptors (Lipinski definition) is 2. The Bertz CT molecular complexity index is 366. The van der Waals surface area contributed by atoms with E-state index in [2.05, 4.69) is 13.8 Å². The second kappa shape index (κ2) is 29.5. The summed E-state index contributed by atoms with van der Waals surface area (Å²) in [6.45, 7) is 5.20. The molecule has 0 saturated carbocycles. The van der Waals surface area contributed by atoms with E-state index in [0.717, 1.165) is 12.8 Å². The van der Waals surface area contributed by atoms with Crippen LogP contribution in [0.15, 0.2) is 0 Å². The van der Waals surface area contributed by atoms with E-state index < -0.39 is 0 Å². The summed E-state index contributed by atoms with van der Waals surface area (Å²) in [6, 6.07) is 0. The lowest BCUT2D eigenvalue weighted by atomic mass is 10.0. The maximum Gasteiger partial charge on any atom is 0.305 e. The second-order valence-corrected chi connectivity index (χ2v) is 10.5. The monoisotopic (exact) mass is 466 g/mol. The molecule has 0 fully saturated rings. The lowest BCUT2D eigenvalue weighted by molar-refractivity contribution is -0.143. The van der Waals surface area contributed by atoms with Crippen molar-refractivity contribution >= 4 is 5.97 Å². The van der Waals surface area contributed by atoms with Crippen molar-refractivity contribution in [2.24, 2.45) is 0 Å². The number of carbonyl (C=O) groups is 1. The molecule has 0 aliphatic carbocycles. The Morgan fingerprint density at radius 3 is 1.00 bits per heavy atom. The fourth-order valence-electron chi connectivity index (χ4n) is 4.67. The third-order valence-corrected chi connectivity index (χ3v) is 7.00. The molecule has 0 spiro atoms. The lowest BCUT2D eigenvalue weighted by Crippen LogP contribution is -2.05. The Kier molecular flexibility index (Phi) is 29.0. The molecule has 0 rings (SSSR count). The molecule has 33 heavy (non-hydrogen) atoms. The predicted octanol–water partition coefficient (Wildman–Crippen LogP) is 11.1.